The molecule has 0 bridgehead atoms. The number of allylic oxidation sites excluding steroid dienone is 3. The molecule has 0 radical (unpaired) electrons. The largest absolute Gasteiger partial charge is 0.341 e. The van der Waals surface area contributed by atoms with Gasteiger partial charge in [-0.1, -0.05) is 23.4 Å². The van der Waals surface area contributed by atoms with E-state index in [4.69, 9.17) is 4.52 Å². The lowest BCUT2D eigenvalue weighted by Gasteiger charge is -2.06. The molecule has 2 rings (SSSR count). The quantitative estimate of drug-likeness (QED) is 0.680. The van der Waals surface area contributed by atoms with Crippen LogP contribution in [0.3, 0.4) is 0 Å². The number of benzene rings is 1. The summed E-state index contributed by atoms with van der Waals surface area (Å²) in [7, 11) is 0. The fourth-order valence-electron chi connectivity index (χ4n) is 1.70. The highest BCUT2D eigenvalue weighted by molar-refractivity contribution is 5.87. The summed E-state index contributed by atoms with van der Waals surface area (Å²) in [5.74, 6) is 0.0424. The van der Waals surface area contributed by atoms with Crippen molar-refractivity contribution >= 4 is 5.91 Å². The van der Waals surface area contributed by atoms with E-state index >= 15 is 0 Å². The number of carbonyl (C=O) groups excluding carboxylic acids is 1. The van der Waals surface area contributed by atoms with Crippen molar-refractivity contribution in [2.24, 2.45) is 0 Å². The lowest BCUT2D eigenvalue weighted by Crippen LogP contribution is -2.24. The van der Waals surface area contributed by atoms with Gasteiger partial charge in [0.15, 0.2) is 0 Å². The minimum atomic E-state index is -0.426. The van der Waals surface area contributed by atoms with Gasteiger partial charge in [-0.3, -0.25) is 4.79 Å². The number of hydrogen-bond donors (Lipinski definition) is 1. The zero-order valence-electron chi connectivity index (χ0n) is 12.3. The van der Waals surface area contributed by atoms with Crippen molar-refractivity contribution in [3.63, 3.8) is 0 Å². The maximum absolute atomic E-state index is 12.9. The molecule has 0 spiro atoms. The number of aromatic nitrogens is 2. The van der Waals surface area contributed by atoms with Crippen molar-refractivity contribution in [1.82, 2.24) is 15.5 Å². The van der Waals surface area contributed by atoms with Crippen LogP contribution in [0.4, 0.5) is 4.39 Å². The van der Waals surface area contributed by atoms with Crippen LogP contribution in [0.2, 0.25) is 0 Å². The predicted octanol–water partition coefficient (Wildman–Crippen LogP) is 3.19. The van der Waals surface area contributed by atoms with Crippen LogP contribution in [-0.2, 0) is 4.79 Å². The Kier molecular flexibility index (Phi) is 5.19. The monoisotopic (exact) mass is 301 g/mol. The van der Waals surface area contributed by atoms with Crippen molar-refractivity contribution in [2.75, 3.05) is 0 Å². The first-order valence-electron chi connectivity index (χ1n) is 6.79. The highest BCUT2D eigenvalue weighted by Gasteiger charge is 2.16. The lowest BCUT2D eigenvalue weighted by molar-refractivity contribution is -0.117. The molecule has 0 aliphatic carbocycles. The molecule has 1 aromatic heterocycles. The van der Waals surface area contributed by atoms with E-state index in [-0.39, 0.29) is 17.6 Å². The first-order chi connectivity index (χ1) is 10.6. The number of nitrogens with one attached hydrogen (secondary N) is 1. The second kappa shape index (κ2) is 7.31. The molecule has 22 heavy (non-hydrogen) atoms. The Bertz CT molecular complexity index is 690. The van der Waals surface area contributed by atoms with E-state index < -0.39 is 6.04 Å². The molecular weight excluding hydrogens is 285 g/mol. The number of carbonyl (C=O) groups is 1. The van der Waals surface area contributed by atoms with E-state index in [0.717, 1.165) is 0 Å². The fourth-order valence-corrected chi connectivity index (χ4v) is 1.70. The third kappa shape index (κ3) is 4.12. The van der Waals surface area contributed by atoms with Gasteiger partial charge in [0.2, 0.25) is 17.6 Å². The van der Waals surface area contributed by atoms with Crippen LogP contribution in [0.25, 0.3) is 11.4 Å². The van der Waals surface area contributed by atoms with Gasteiger partial charge in [-0.15, -0.1) is 0 Å². The van der Waals surface area contributed by atoms with E-state index in [1.54, 1.807) is 31.2 Å². The van der Waals surface area contributed by atoms with E-state index in [2.05, 4.69) is 15.5 Å². The van der Waals surface area contributed by atoms with Crippen LogP contribution < -0.4 is 5.32 Å². The van der Waals surface area contributed by atoms with Gasteiger partial charge in [-0.05, 0) is 38.1 Å². The van der Waals surface area contributed by atoms with Crippen LogP contribution >= 0.6 is 0 Å². The molecule has 0 saturated heterocycles. The summed E-state index contributed by atoms with van der Waals surface area (Å²) in [5, 5.41) is 6.54. The average Bonchev–Trinajstić information content (AvgIpc) is 2.98. The maximum Gasteiger partial charge on any atom is 0.249 e. The Morgan fingerprint density at radius 3 is 2.73 bits per heavy atom. The van der Waals surface area contributed by atoms with E-state index in [9.17, 15) is 9.18 Å². The molecule has 0 fully saturated rings. The van der Waals surface area contributed by atoms with Crippen LogP contribution in [0, 0.1) is 5.82 Å². The molecule has 6 heteroatoms. The number of amides is 1. The van der Waals surface area contributed by atoms with Gasteiger partial charge in [0.25, 0.3) is 0 Å². The summed E-state index contributed by atoms with van der Waals surface area (Å²) in [6.45, 7) is 3.60. The van der Waals surface area contributed by atoms with E-state index in [1.807, 2.05) is 13.0 Å². The smallest absolute Gasteiger partial charge is 0.249 e. The van der Waals surface area contributed by atoms with E-state index in [1.165, 1.54) is 18.2 Å². The molecule has 1 unspecified atom stereocenters. The van der Waals surface area contributed by atoms with Crippen LogP contribution in [-0.4, -0.2) is 16.0 Å². The van der Waals surface area contributed by atoms with Gasteiger partial charge < -0.3 is 9.84 Å². The molecule has 5 nitrogen and oxygen atoms in total. The zero-order chi connectivity index (χ0) is 15.9. The van der Waals surface area contributed by atoms with Gasteiger partial charge in [0, 0.05) is 11.6 Å². The molecular formula is C16H16FN3O2. The second-order valence-electron chi connectivity index (χ2n) is 4.58. The number of hydrogen-bond acceptors (Lipinski definition) is 4. The first-order valence-corrected chi connectivity index (χ1v) is 6.79. The van der Waals surface area contributed by atoms with Crippen molar-refractivity contribution in [3.8, 4) is 11.4 Å². The predicted molar refractivity (Wildman–Crippen MR) is 80.2 cm³/mol. The molecule has 1 aromatic carbocycles. The minimum Gasteiger partial charge on any atom is -0.341 e. The Hall–Kier alpha value is -2.76. The minimum absolute atomic E-state index is 0.257. The molecule has 2 aromatic rings. The van der Waals surface area contributed by atoms with Gasteiger partial charge in [-0.2, -0.15) is 4.98 Å². The Morgan fingerprint density at radius 1 is 1.32 bits per heavy atom. The second-order valence-corrected chi connectivity index (χ2v) is 4.58. The fraction of sp³-hybridized carbons (Fsp3) is 0.188. The van der Waals surface area contributed by atoms with Crippen molar-refractivity contribution in [2.45, 2.75) is 19.9 Å². The van der Waals surface area contributed by atoms with Crippen molar-refractivity contribution in [1.29, 1.82) is 0 Å². The topological polar surface area (TPSA) is 68.0 Å². The third-order valence-corrected chi connectivity index (χ3v) is 2.82. The first kappa shape index (κ1) is 15.6. The molecule has 0 saturated carbocycles. The maximum atomic E-state index is 12.9. The highest BCUT2D eigenvalue weighted by Crippen LogP contribution is 2.18. The van der Waals surface area contributed by atoms with E-state index in [0.29, 0.717) is 11.4 Å². The Balaban J connectivity index is 2.04. The zero-order valence-corrected chi connectivity index (χ0v) is 12.3. The molecule has 1 heterocycles. The molecule has 0 aliphatic heterocycles. The summed E-state index contributed by atoms with van der Waals surface area (Å²) in [5.41, 5.74) is 0.642. The number of nitrogens with zero attached hydrogens (tertiary/aromatic N) is 2. The van der Waals surface area contributed by atoms with Gasteiger partial charge in [0.05, 0.1) is 0 Å². The molecule has 114 valence electrons. The average molecular weight is 301 g/mol. The Labute approximate surface area is 127 Å². The van der Waals surface area contributed by atoms with Crippen molar-refractivity contribution in [3.05, 3.63) is 60.3 Å². The van der Waals surface area contributed by atoms with Crippen LogP contribution in [0.5, 0.6) is 0 Å². The normalized spacial score (nSPS) is 12.9. The van der Waals surface area contributed by atoms with Crippen LogP contribution in [0.15, 0.2) is 53.1 Å². The third-order valence-electron chi connectivity index (χ3n) is 2.82. The molecule has 0 aliphatic rings. The summed E-state index contributed by atoms with van der Waals surface area (Å²) < 4.78 is 18.0. The summed E-state index contributed by atoms with van der Waals surface area (Å²) >= 11 is 0. The lowest BCUT2D eigenvalue weighted by atomic mass is 10.2. The summed E-state index contributed by atoms with van der Waals surface area (Å²) in [6.07, 6.45) is 6.62. The summed E-state index contributed by atoms with van der Waals surface area (Å²) in [6, 6.07) is 5.34. The van der Waals surface area contributed by atoms with Gasteiger partial charge in [0.1, 0.15) is 11.9 Å². The number of halogens is 1. The molecule has 1 N–H and O–H groups in total. The standard InChI is InChI=1S/C16H16FN3O2/c1-3-4-5-6-14(21)18-11(2)16-19-15(20-22-16)12-7-9-13(17)10-8-12/h3-11H,1-2H3,(H,18,21). The van der Waals surface area contributed by atoms with Gasteiger partial charge in [-0.25, -0.2) is 4.39 Å². The molecule has 1 atom stereocenters. The SMILES string of the molecule is CC=CC=CC(=O)NC(C)c1nc(-c2ccc(F)cc2)no1. The summed E-state index contributed by atoms with van der Waals surface area (Å²) in [4.78, 5) is 15.9. The Morgan fingerprint density at radius 2 is 2.05 bits per heavy atom. The van der Waals surface area contributed by atoms with Crippen LogP contribution in [0.1, 0.15) is 25.8 Å². The van der Waals surface area contributed by atoms with Crippen molar-refractivity contribution < 1.29 is 13.7 Å². The number of rotatable bonds is 5. The highest BCUT2D eigenvalue weighted by atomic mass is 19.1. The van der Waals surface area contributed by atoms with Gasteiger partial charge >= 0.3 is 0 Å². The molecule has 1 amide bonds.